The predicted octanol–water partition coefficient (Wildman–Crippen LogP) is 1.98. The SMILES string of the molecule is Cc1cc(NC(=O)c2cccc(O)c2C)n[nH]1. The van der Waals surface area contributed by atoms with Gasteiger partial charge in [-0.2, -0.15) is 5.10 Å². The molecule has 1 aromatic carbocycles. The van der Waals surface area contributed by atoms with Crippen LogP contribution in [0.5, 0.6) is 5.75 Å². The Hall–Kier alpha value is -2.30. The fraction of sp³-hybridized carbons (Fsp3) is 0.167. The highest BCUT2D eigenvalue weighted by atomic mass is 16.3. The zero-order valence-corrected chi connectivity index (χ0v) is 9.61. The Balaban J connectivity index is 2.23. The molecule has 1 aromatic heterocycles. The fourth-order valence-electron chi connectivity index (χ4n) is 1.54. The van der Waals surface area contributed by atoms with Crippen LogP contribution in [0.3, 0.4) is 0 Å². The average Bonchev–Trinajstić information content (AvgIpc) is 2.68. The highest BCUT2D eigenvalue weighted by Gasteiger charge is 2.12. The van der Waals surface area contributed by atoms with E-state index in [1.165, 1.54) is 0 Å². The summed E-state index contributed by atoms with van der Waals surface area (Å²) in [6.45, 7) is 3.54. The highest BCUT2D eigenvalue weighted by Crippen LogP contribution is 2.20. The van der Waals surface area contributed by atoms with Gasteiger partial charge in [0, 0.05) is 22.9 Å². The number of H-pyrrole nitrogens is 1. The maximum atomic E-state index is 11.9. The number of aromatic nitrogens is 2. The molecule has 5 heteroatoms. The summed E-state index contributed by atoms with van der Waals surface area (Å²) in [5, 5.41) is 18.8. The van der Waals surface area contributed by atoms with Crippen LogP contribution in [0.4, 0.5) is 5.82 Å². The van der Waals surface area contributed by atoms with Gasteiger partial charge in [0.2, 0.25) is 0 Å². The molecule has 3 N–H and O–H groups in total. The third-order valence-electron chi connectivity index (χ3n) is 2.50. The van der Waals surface area contributed by atoms with E-state index in [4.69, 9.17) is 0 Å². The summed E-state index contributed by atoms with van der Waals surface area (Å²) in [4.78, 5) is 11.9. The molecule has 2 aromatic rings. The summed E-state index contributed by atoms with van der Waals surface area (Å²) >= 11 is 0. The second kappa shape index (κ2) is 4.29. The number of aromatic amines is 1. The van der Waals surface area contributed by atoms with E-state index in [0.29, 0.717) is 16.9 Å². The zero-order valence-electron chi connectivity index (χ0n) is 9.61. The second-order valence-corrected chi connectivity index (χ2v) is 3.84. The van der Waals surface area contributed by atoms with Crippen molar-refractivity contribution in [1.82, 2.24) is 10.2 Å². The Morgan fingerprint density at radius 1 is 1.41 bits per heavy atom. The van der Waals surface area contributed by atoms with Crippen LogP contribution in [-0.2, 0) is 0 Å². The largest absolute Gasteiger partial charge is 0.508 e. The number of hydrogen-bond donors (Lipinski definition) is 3. The number of anilines is 1. The first kappa shape index (κ1) is 11.2. The topological polar surface area (TPSA) is 78.0 Å². The normalized spacial score (nSPS) is 10.2. The zero-order chi connectivity index (χ0) is 12.4. The summed E-state index contributed by atoms with van der Waals surface area (Å²) in [6, 6.07) is 6.57. The van der Waals surface area contributed by atoms with Gasteiger partial charge in [0.05, 0.1) is 0 Å². The number of carbonyl (C=O) groups is 1. The Morgan fingerprint density at radius 3 is 2.82 bits per heavy atom. The summed E-state index contributed by atoms with van der Waals surface area (Å²) < 4.78 is 0. The average molecular weight is 231 g/mol. The molecule has 88 valence electrons. The maximum absolute atomic E-state index is 11.9. The highest BCUT2D eigenvalue weighted by molar-refractivity contribution is 6.05. The van der Waals surface area contributed by atoms with E-state index < -0.39 is 0 Å². The Kier molecular flexibility index (Phi) is 2.82. The lowest BCUT2D eigenvalue weighted by Gasteiger charge is -2.06. The molecular formula is C12H13N3O2. The molecule has 0 aliphatic heterocycles. The first-order valence-electron chi connectivity index (χ1n) is 5.20. The van der Waals surface area contributed by atoms with Crippen molar-refractivity contribution in [2.75, 3.05) is 5.32 Å². The van der Waals surface area contributed by atoms with Crippen LogP contribution < -0.4 is 5.32 Å². The van der Waals surface area contributed by atoms with Crippen molar-refractivity contribution in [3.8, 4) is 5.75 Å². The monoisotopic (exact) mass is 231 g/mol. The van der Waals surface area contributed by atoms with Gasteiger partial charge in [-0.15, -0.1) is 0 Å². The minimum absolute atomic E-state index is 0.107. The summed E-state index contributed by atoms with van der Waals surface area (Å²) in [7, 11) is 0. The lowest BCUT2D eigenvalue weighted by Crippen LogP contribution is -2.13. The molecule has 1 amide bonds. The van der Waals surface area contributed by atoms with Crippen molar-refractivity contribution in [3.05, 3.63) is 41.1 Å². The number of aryl methyl sites for hydroxylation is 1. The number of aromatic hydroxyl groups is 1. The maximum Gasteiger partial charge on any atom is 0.257 e. The fourth-order valence-corrected chi connectivity index (χ4v) is 1.54. The van der Waals surface area contributed by atoms with E-state index in [2.05, 4.69) is 15.5 Å². The van der Waals surface area contributed by atoms with Crippen LogP contribution >= 0.6 is 0 Å². The molecule has 0 radical (unpaired) electrons. The summed E-state index contributed by atoms with van der Waals surface area (Å²) in [5.74, 6) is 0.288. The van der Waals surface area contributed by atoms with Gasteiger partial charge >= 0.3 is 0 Å². The van der Waals surface area contributed by atoms with Gasteiger partial charge in [0.1, 0.15) is 5.75 Å². The van der Waals surface area contributed by atoms with Crippen LogP contribution in [0, 0.1) is 13.8 Å². The van der Waals surface area contributed by atoms with E-state index in [1.807, 2.05) is 6.92 Å². The van der Waals surface area contributed by atoms with Gasteiger partial charge in [-0.25, -0.2) is 0 Å². The predicted molar refractivity (Wildman–Crippen MR) is 64.1 cm³/mol. The first-order chi connectivity index (χ1) is 8.08. The van der Waals surface area contributed by atoms with Crippen LogP contribution in [0.1, 0.15) is 21.6 Å². The molecule has 1 heterocycles. The molecule has 0 aliphatic carbocycles. The molecule has 2 rings (SSSR count). The van der Waals surface area contributed by atoms with E-state index in [9.17, 15) is 9.90 Å². The van der Waals surface area contributed by atoms with Gasteiger partial charge in [-0.05, 0) is 26.0 Å². The first-order valence-corrected chi connectivity index (χ1v) is 5.20. The number of nitrogens with one attached hydrogen (secondary N) is 2. The third-order valence-corrected chi connectivity index (χ3v) is 2.50. The van der Waals surface area contributed by atoms with Crippen molar-refractivity contribution in [1.29, 1.82) is 0 Å². The van der Waals surface area contributed by atoms with Crippen LogP contribution in [0.2, 0.25) is 0 Å². The number of hydrogen-bond acceptors (Lipinski definition) is 3. The Bertz CT molecular complexity index is 561. The third kappa shape index (κ3) is 2.28. The molecule has 5 nitrogen and oxygen atoms in total. The summed E-state index contributed by atoms with van der Waals surface area (Å²) in [6.07, 6.45) is 0. The second-order valence-electron chi connectivity index (χ2n) is 3.84. The Labute approximate surface area is 98.5 Å². The molecule has 0 aliphatic rings. The molecule has 0 atom stereocenters. The van der Waals surface area contributed by atoms with Crippen LogP contribution in [0.25, 0.3) is 0 Å². The molecule has 0 fully saturated rings. The van der Waals surface area contributed by atoms with Crippen molar-refractivity contribution >= 4 is 11.7 Å². The number of phenols is 1. The molecule has 0 spiro atoms. The van der Waals surface area contributed by atoms with Crippen molar-refractivity contribution in [2.24, 2.45) is 0 Å². The number of amides is 1. The van der Waals surface area contributed by atoms with Crippen molar-refractivity contribution in [3.63, 3.8) is 0 Å². The Morgan fingerprint density at radius 2 is 2.18 bits per heavy atom. The number of rotatable bonds is 2. The number of phenolic OH excluding ortho intramolecular Hbond substituents is 1. The molecule has 0 unspecified atom stereocenters. The minimum atomic E-state index is -0.287. The smallest absolute Gasteiger partial charge is 0.257 e. The van der Waals surface area contributed by atoms with Crippen molar-refractivity contribution < 1.29 is 9.90 Å². The van der Waals surface area contributed by atoms with Gasteiger partial charge in [0.25, 0.3) is 5.91 Å². The number of benzene rings is 1. The molecular weight excluding hydrogens is 218 g/mol. The standard InChI is InChI=1S/C12H13N3O2/c1-7-6-11(15-14-7)13-12(17)9-4-3-5-10(16)8(9)2/h3-6,16H,1-2H3,(H2,13,14,15,17). The van der Waals surface area contributed by atoms with Crippen molar-refractivity contribution in [2.45, 2.75) is 13.8 Å². The van der Waals surface area contributed by atoms with Gasteiger partial charge in [0.15, 0.2) is 5.82 Å². The molecule has 0 saturated heterocycles. The van der Waals surface area contributed by atoms with E-state index in [1.54, 1.807) is 31.2 Å². The minimum Gasteiger partial charge on any atom is -0.508 e. The van der Waals surface area contributed by atoms with E-state index in [-0.39, 0.29) is 11.7 Å². The van der Waals surface area contributed by atoms with E-state index in [0.717, 1.165) is 5.69 Å². The number of carbonyl (C=O) groups excluding carboxylic acids is 1. The van der Waals surface area contributed by atoms with Gasteiger partial charge in [-0.1, -0.05) is 6.07 Å². The van der Waals surface area contributed by atoms with Gasteiger partial charge in [-0.3, -0.25) is 9.89 Å². The number of nitrogens with zero attached hydrogens (tertiary/aromatic N) is 1. The van der Waals surface area contributed by atoms with Crippen LogP contribution in [-0.4, -0.2) is 21.2 Å². The lowest BCUT2D eigenvalue weighted by atomic mass is 10.1. The molecule has 0 saturated carbocycles. The molecule has 0 bridgehead atoms. The quantitative estimate of drug-likeness (QED) is 0.739. The molecule has 17 heavy (non-hydrogen) atoms. The lowest BCUT2D eigenvalue weighted by molar-refractivity contribution is 0.102. The van der Waals surface area contributed by atoms with Gasteiger partial charge < -0.3 is 10.4 Å². The van der Waals surface area contributed by atoms with Crippen LogP contribution in [0.15, 0.2) is 24.3 Å². The summed E-state index contributed by atoms with van der Waals surface area (Å²) in [5.41, 5.74) is 1.86. The van der Waals surface area contributed by atoms with E-state index >= 15 is 0 Å².